The molecule has 2 aliphatic heterocycles. The van der Waals surface area contributed by atoms with E-state index in [0.717, 1.165) is 44.9 Å². The van der Waals surface area contributed by atoms with Crippen LogP contribution in [-0.4, -0.2) is 47.3 Å². The predicted octanol–water partition coefficient (Wildman–Crippen LogP) is 4.73. The van der Waals surface area contributed by atoms with Gasteiger partial charge < -0.3 is 0 Å². The number of halogens is 1. The van der Waals surface area contributed by atoms with Gasteiger partial charge in [0.1, 0.15) is 0 Å². The monoisotopic (exact) mass is 546 g/mol. The molecule has 2 saturated heterocycles. The number of aliphatic hydroxyl groups is 1. The molecule has 0 bridgehead atoms. The average Bonchev–Trinajstić information content (AvgIpc) is 3.21. The van der Waals surface area contributed by atoms with E-state index in [1.807, 2.05) is 0 Å². The first-order valence-electron chi connectivity index (χ1n) is 11.9. The molecule has 0 radical (unpaired) electrons. The standard InChI is InChI=1S/C25H39IO5/c1-5-9-22-30-21-14-19-12-8-11-18-10-6-7-13-23(18,3)17(2)26(29)16-24(19,4)25(21,31-22)20(28)15-27/h7,10,13,17,19,21-22,27,29H,5-6,8-9,11-12,14-16H2,1-4H3/t17-,19+,21+,22?,23?,24?,25+/m0/s1. The summed E-state index contributed by atoms with van der Waals surface area (Å²) in [5.41, 5.74) is -0.280. The number of fused-ring (bicyclic) bond motifs is 4. The van der Waals surface area contributed by atoms with E-state index in [1.54, 1.807) is 0 Å². The van der Waals surface area contributed by atoms with E-state index in [-0.39, 0.29) is 27.1 Å². The van der Waals surface area contributed by atoms with E-state index < -0.39 is 44.1 Å². The van der Waals surface area contributed by atoms with Crippen molar-refractivity contribution in [1.29, 1.82) is 0 Å². The Morgan fingerprint density at radius 2 is 2.13 bits per heavy atom. The summed E-state index contributed by atoms with van der Waals surface area (Å²) in [6.45, 7) is 8.17. The number of aliphatic hydroxyl groups excluding tert-OH is 1. The normalized spacial score (nSPS) is 46.1. The quantitative estimate of drug-likeness (QED) is 0.303. The molecule has 3 fully saturated rings. The van der Waals surface area contributed by atoms with Crippen LogP contribution in [-0.2, 0) is 14.3 Å². The Kier molecular flexibility index (Phi) is 6.79. The van der Waals surface area contributed by atoms with Crippen LogP contribution in [0.15, 0.2) is 23.8 Å². The molecule has 0 aromatic heterocycles. The number of carbonyl (C=O) groups is 1. The van der Waals surface area contributed by atoms with Crippen molar-refractivity contribution in [2.75, 3.05) is 11.0 Å². The number of alkyl halides is 2. The maximum atomic E-state index is 13.3. The minimum absolute atomic E-state index is 0.106. The Morgan fingerprint density at radius 3 is 2.84 bits per heavy atom. The fourth-order valence-electron chi connectivity index (χ4n) is 6.63. The topological polar surface area (TPSA) is 76.0 Å². The summed E-state index contributed by atoms with van der Waals surface area (Å²) in [5.74, 6) is -0.0155. The van der Waals surface area contributed by atoms with E-state index in [9.17, 15) is 13.3 Å². The molecule has 3 unspecified atom stereocenters. The van der Waals surface area contributed by atoms with E-state index in [0.29, 0.717) is 4.43 Å². The van der Waals surface area contributed by atoms with Crippen LogP contribution < -0.4 is 0 Å². The molecule has 176 valence electrons. The number of hydrogen-bond donors (Lipinski definition) is 2. The molecule has 31 heavy (non-hydrogen) atoms. The van der Waals surface area contributed by atoms with Crippen LogP contribution in [0.3, 0.4) is 0 Å². The van der Waals surface area contributed by atoms with Crippen LogP contribution >= 0.6 is 20.2 Å². The van der Waals surface area contributed by atoms with Crippen LogP contribution in [0.4, 0.5) is 0 Å². The summed E-state index contributed by atoms with van der Waals surface area (Å²) < 4.78 is 25.3. The Morgan fingerprint density at radius 1 is 1.35 bits per heavy atom. The Labute approximate surface area is 194 Å². The van der Waals surface area contributed by atoms with E-state index in [1.165, 1.54) is 5.57 Å². The number of rotatable bonds is 4. The average molecular weight is 546 g/mol. The van der Waals surface area contributed by atoms with Crippen LogP contribution in [0.2, 0.25) is 0 Å². The second kappa shape index (κ2) is 8.82. The Bertz CT molecular complexity index is 765. The molecule has 0 aromatic rings. The molecule has 4 rings (SSSR count). The summed E-state index contributed by atoms with van der Waals surface area (Å²) in [5, 5.41) is 9.95. The molecule has 0 spiro atoms. The minimum atomic E-state index is -2.47. The molecule has 4 aliphatic rings. The first kappa shape index (κ1) is 23.9. The first-order chi connectivity index (χ1) is 14.7. The second-order valence-corrected chi connectivity index (χ2v) is 15.0. The van der Waals surface area contributed by atoms with Gasteiger partial charge in [-0.1, -0.05) is 0 Å². The van der Waals surface area contributed by atoms with Gasteiger partial charge in [0.25, 0.3) is 0 Å². The maximum absolute atomic E-state index is 13.3. The van der Waals surface area contributed by atoms with Gasteiger partial charge in [-0.25, -0.2) is 0 Å². The Balaban J connectivity index is 1.73. The van der Waals surface area contributed by atoms with Gasteiger partial charge in [-0.3, -0.25) is 0 Å². The molecule has 2 heterocycles. The van der Waals surface area contributed by atoms with Crippen molar-refractivity contribution in [2.45, 2.75) is 94.6 Å². The van der Waals surface area contributed by atoms with Crippen LogP contribution in [0.25, 0.3) is 0 Å². The van der Waals surface area contributed by atoms with Gasteiger partial charge in [0.05, 0.1) is 0 Å². The number of allylic oxidation sites excluding steroid dienone is 4. The number of ether oxygens (including phenoxy) is 2. The number of Topliss-reactive ketones (excluding diaryl/α,β-unsaturated/α-hetero) is 1. The third-order valence-electron chi connectivity index (χ3n) is 8.69. The molecular formula is C25H39IO5. The SMILES string of the molecule is CCCC1O[C@@H]2C[C@H]3CCCC4=CCC=CC4(C)[C@H](C)I(O)CC3(C)[C@]2(C(=O)CO)O1. The Hall–Kier alpha value is -0.280. The molecule has 2 N–H and O–H groups in total. The van der Waals surface area contributed by atoms with Crippen molar-refractivity contribution >= 4 is 26.0 Å². The van der Waals surface area contributed by atoms with Gasteiger partial charge in [0.2, 0.25) is 0 Å². The number of ketones is 1. The van der Waals surface area contributed by atoms with Crippen LogP contribution in [0, 0.1) is 16.7 Å². The van der Waals surface area contributed by atoms with E-state index in [2.05, 4.69) is 45.9 Å². The molecule has 5 nitrogen and oxygen atoms in total. The number of carbonyl (C=O) groups excluding carboxylic acids is 1. The third kappa shape index (κ3) is 3.59. The molecule has 2 aliphatic carbocycles. The molecule has 6 heteroatoms. The van der Waals surface area contributed by atoms with Crippen molar-refractivity contribution < 1.29 is 22.8 Å². The summed E-state index contributed by atoms with van der Waals surface area (Å²) in [7, 11) is 0. The van der Waals surface area contributed by atoms with Gasteiger partial charge in [0.15, 0.2) is 0 Å². The number of hydrogen-bond acceptors (Lipinski definition) is 5. The van der Waals surface area contributed by atoms with Crippen LogP contribution in [0.5, 0.6) is 0 Å². The zero-order chi connectivity index (χ0) is 22.4. The van der Waals surface area contributed by atoms with Crippen molar-refractivity contribution in [3.05, 3.63) is 23.8 Å². The van der Waals surface area contributed by atoms with Crippen molar-refractivity contribution in [3.63, 3.8) is 0 Å². The molecule has 7 atom stereocenters. The zero-order valence-electron chi connectivity index (χ0n) is 19.4. The summed E-state index contributed by atoms with van der Waals surface area (Å²) in [4.78, 5) is 13.3. The van der Waals surface area contributed by atoms with Gasteiger partial charge in [-0.15, -0.1) is 0 Å². The van der Waals surface area contributed by atoms with Gasteiger partial charge in [-0.2, -0.15) is 0 Å². The van der Waals surface area contributed by atoms with Crippen molar-refractivity contribution in [2.24, 2.45) is 16.7 Å². The molecular weight excluding hydrogens is 507 g/mol. The molecule has 1 saturated carbocycles. The fourth-order valence-corrected chi connectivity index (χ4v) is 12.2. The summed E-state index contributed by atoms with van der Waals surface area (Å²) >= 11 is -2.47. The van der Waals surface area contributed by atoms with Gasteiger partial charge in [0, 0.05) is 0 Å². The van der Waals surface area contributed by atoms with E-state index in [4.69, 9.17) is 9.47 Å². The van der Waals surface area contributed by atoms with Crippen molar-refractivity contribution in [3.8, 4) is 0 Å². The third-order valence-corrected chi connectivity index (χ3v) is 14.5. The molecule has 0 aromatic carbocycles. The van der Waals surface area contributed by atoms with E-state index >= 15 is 0 Å². The fraction of sp³-hybridized carbons (Fsp3) is 0.800. The summed E-state index contributed by atoms with van der Waals surface area (Å²) in [6, 6.07) is 0. The first-order valence-corrected chi connectivity index (χ1v) is 15.6. The van der Waals surface area contributed by atoms with Crippen LogP contribution in [0.1, 0.15) is 72.6 Å². The van der Waals surface area contributed by atoms with Gasteiger partial charge in [-0.05, 0) is 0 Å². The second-order valence-electron chi connectivity index (χ2n) is 10.3. The molecule has 0 amide bonds. The van der Waals surface area contributed by atoms with Crippen molar-refractivity contribution in [1.82, 2.24) is 0 Å². The van der Waals surface area contributed by atoms with Gasteiger partial charge >= 0.3 is 195 Å². The summed E-state index contributed by atoms with van der Waals surface area (Å²) in [6.07, 6.45) is 12.7. The zero-order valence-corrected chi connectivity index (χ0v) is 21.6. The predicted molar refractivity (Wildman–Crippen MR) is 130 cm³/mol.